The first-order valence-electron chi connectivity index (χ1n) is 11.2. The number of carbonyl (C=O) groups is 6. The lowest BCUT2D eigenvalue weighted by molar-refractivity contribution is -0.146. The third-order valence-electron chi connectivity index (χ3n) is 7.32. The minimum Gasteiger partial charge on any atom is -0.303 e. The van der Waals surface area contributed by atoms with Crippen LogP contribution in [0, 0.1) is 35.5 Å². The van der Waals surface area contributed by atoms with Crippen molar-refractivity contribution in [3.8, 4) is 0 Å². The standard InChI is InChI=1S/C26H22N2O6/c29-13-17-19-20(24(32)27(23(19)31)11-15-7-3-1-4-8-15)18(14-30)22-21(17)25(33)28(26(22)34)12-16-9-5-2-6-10-16/h1-10,13-14,17-22H,11-12H2. The van der Waals surface area contributed by atoms with Crippen LogP contribution in [0.1, 0.15) is 11.1 Å². The van der Waals surface area contributed by atoms with Gasteiger partial charge in [0, 0.05) is 11.8 Å². The molecule has 34 heavy (non-hydrogen) atoms. The van der Waals surface area contributed by atoms with Crippen LogP contribution in [0.25, 0.3) is 0 Å². The van der Waals surface area contributed by atoms with Gasteiger partial charge in [0.15, 0.2) is 0 Å². The van der Waals surface area contributed by atoms with E-state index in [2.05, 4.69) is 0 Å². The molecule has 3 aliphatic rings. The van der Waals surface area contributed by atoms with Gasteiger partial charge in [-0.3, -0.25) is 29.0 Å². The molecule has 0 radical (unpaired) electrons. The molecule has 172 valence electrons. The molecule has 2 heterocycles. The van der Waals surface area contributed by atoms with Crippen molar-refractivity contribution in [1.29, 1.82) is 0 Å². The van der Waals surface area contributed by atoms with Crippen LogP contribution in [0.4, 0.5) is 0 Å². The molecule has 4 amide bonds. The first-order valence-corrected chi connectivity index (χ1v) is 11.2. The van der Waals surface area contributed by atoms with Gasteiger partial charge in [0.2, 0.25) is 23.6 Å². The largest absolute Gasteiger partial charge is 0.303 e. The molecule has 4 unspecified atom stereocenters. The Labute approximate surface area is 195 Å². The molecule has 0 aromatic heterocycles. The van der Waals surface area contributed by atoms with E-state index in [1.165, 1.54) is 0 Å². The molecule has 1 saturated carbocycles. The number of aldehydes is 2. The molecule has 4 atom stereocenters. The smallest absolute Gasteiger partial charge is 0.234 e. The summed E-state index contributed by atoms with van der Waals surface area (Å²) >= 11 is 0. The second-order valence-corrected chi connectivity index (χ2v) is 9.03. The number of amides is 4. The summed E-state index contributed by atoms with van der Waals surface area (Å²) in [4.78, 5) is 80.0. The van der Waals surface area contributed by atoms with Crippen molar-refractivity contribution in [2.45, 2.75) is 13.1 Å². The van der Waals surface area contributed by atoms with Crippen LogP contribution in [0.2, 0.25) is 0 Å². The first kappa shape index (κ1) is 21.9. The number of hydrogen-bond acceptors (Lipinski definition) is 6. The van der Waals surface area contributed by atoms with Crippen molar-refractivity contribution in [1.82, 2.24) is 9.80 Å². The molecule has 2 aromatic carbocycles. The van der Waals surface area contributed by atoms with Crippen LogP contribution in [0.15, 0.2) is 60.7 Å². The van der Waals surface area contributed by atoms with Crippen LogP contribution in [0.3, 0.4) is 0 Å². The minimum atomic E-state index is -1.15. The van der Waals surface area contributed by atoms with Crippen molar-refractivity contribution in [3.05, 3.63) is 71.8 Å². The van der Waals surface area contributed by atoms with E-state index >= 15 is 0 Å². The van der Waals surface area contributed by atoms with E-state index in [1.807, 2.05) is 0 Å². The number of likely N-dealkylation sites (tertiary alicyclic amines) is 2. The highest BCUT2D eigenvalue weighted by molar-refractivity contribution is 6.12. The minimum absolute atomic E-state index is 0.0000192. The highest BCUT2D eigenvalue weighted by atomic mass is 16.2. The SMILES string of the molecule is O=CC1C2C(=O)N(Cc3ccccc3)C(=O)C2C(C=O)C2C(=O)N(Cc3ccccc3)C(=O)C12. The maximum absolute atomic E-state index is 13.4. The molecule has 0 bridgehead atoms. The normalized spacial score (nSPS) is 30.4. The predicted molar refractivity (Wildman–Crippen MR) is 117 cm³/mol. The zero-order valence-corrected chi connectivity index (χ0v) is 18.2. The van der Waals surface area contributed by atoms with E-state index in [4.69, 9.17) is 0 Å². The van der Waals surface area contributed by atoms with Gasteiger partial charge in [-0.2, -0.15) is 0 Å². The Morgan fingerprint density at radius 3 is 1.09 bits per heavy atom. The van der Waals surface area contributed by atoms with Crippen molar-refractivity contribution in [3.63, 3.8) is 0 Å². The highest BCUT2D eigenvalue weighted by Gasteiger charge is 2.68. The van der Waals surface area contributed by atoms with Gasteiger partial charge >= 0.3 is 0 Å². The van der Waals surface area contributed by atoms with Gasteiger partial charge in [-0.1, -0.05) is 60.7 Å². The van der Waals surface area contributed by atoms with E-state index in [1.54, 1.807) is 60.7 Å². The molecule has 2 saturated heterocycles. The number of benzene rings is 2. The second-order valence-electron chi connectivity index (χ2n) is 9.03. The Bertz CT molecular complexity index is 1040. The zero-order valence-electron chi connectivity index (χ0n) is 18.2. The topological polar surface area (TPSA) is 109 Å². The van der Waals surface area contributed by atoms with Crippen molar-refractivity contribution >= 4 is 36.2 Å². The Hall–Kier alpha value is -3.94. The van der Waals surface area contributed by atoms with Crippen molar-refractivity contribution in [2.75, 3.05) is 0 Å². The van der Waals surface area contributed by atoms with Crippen LogP contribution >= 0.6 is 0 Å². The van der Waals surface area contributed by atoms with Crippen LogP contribution in [-0.4, -0.2) is 46.0 Å². The number of fused-ring (bicyclic) bond motifs is 2. The van der Waals surface area contributed by atoms with E-state index in [0.717, 1.165) is 20.9 Å². The lowest BCUT2D eigenvalue weighted by atomic mass is 9.59. The molecule has 3 fully saturated rings. The molecule has 0 N–H and O–H groups in total. The van der Waals surface area contributed by atoms with Crippen LogP contribution in [0.5, 0.6) is 0 Å². The van der Waals surface area contributed by atoms with Gasteiger partial charge in [0.05, 0.1) is 36.8 Å². The number of rotatable bonds is 6. The number of nitrogens with zero attached hydrogens (tertiary/aromatic N) is 2. The summed E-state index contributed by atoms with van der Waals surface area (Å²) in [5, 5.41) is 0. The molecular formula is C26H22N2O6. The van der Waals surface area contributed by atoms with Gasteiger partial charge in [-0.15, -0.1) is 0 Å². The summed E-state index contributed by atoms with van der Waals surface area (Å²) in [6.45, 7) is 0.0000383. The van der Waals surface area contributed by atoms with E-state index in [-0.39, 0.29) is 13.1 Å². The van der Waals surface area contributed by atoms with Crippen molar-refractivity contribution < 1.29 is 28.8 Å². The molecule has 5 rings (SSSR count). The van der Waals surface area contributed by atoms with E-state index in [0.29, 0.717) is 12.6 Å². The Balaban J connectivity index is 1.50. The maximum Gasteiger partial charge on any atom is 0.234 e. The highest BCUT2D eigenvalue weighted by Crippen LogP contribution is 2.53. The Morgan fingerprint density at radius 1 is 0.529 bits per heavy atom. The predicted octanol–water partition coefficient (Wildman–Crippen LogP) is 1.23. The number of carbonyl (C=O) groups excluding carboxylic acids is 6. The van der Waals surface area contributed by atoms with Gasteiger partial charge in [-0.25, -0.2) is 0 Å². The average Bonchev–Trinajstić information content (AvgIpc) is 3.25. The maximum atomic E-state index is 13.4. The fourth-order valence-corrected chi connectivity index (χ4v) is 5.80. The molecular weight excluding hydrogens is 436 g/mol. The monoisotopic (exact) mass is 458 g/mol. The lowest BCUT2D eigenvalue weighted by Crippen LogP contribution is -2.50. The van der Waals surface area contributed by atoms with Gasteiger partial charge in [-0.05, 0) is 11.1 Å². The van der Waals surface area contributed by atoms with Gasteiger partial charge in [0.1, 0.15) is 12.6 Å². The molecule has 1 aliphatic carbocycles. The van der Waals surface area contributed by atoms with Gasteiger partial charge in [0.25, 0.3) is 0 Å². The van der Waals surface area contributed by atoms with E-state index in [9.17, 15) is 28.8 Å². The zero-order chi connectivity index (χ0) is 24.0. The second kappa shape index (κ2) is 8.44. The lowest BCUT2D eigenvalue weighted by Gasteiger charge is -2.37. The fourth-order valence-electron chi connectivity index (χ4n) is 5.80. The number of imide groups is 2. The Morgan fingerprint density at radius 2 is 0.824 bits per heavy atom. The first-order chi connectivity index (χ1) is 16.5. The third-order valence-corrected chi connectivity index (χ3v) is 7.32. The van der Waals surface area contributed by atoms with E-state index < -0.39 is 59.1 Å². The van der Waals surface area contributed by atoms with Crippen LogP contribution in [-0.2, 0) is 41.9 Å². The molecule has 2 aromatic rings. The number of hydrogen-bond donors (Lipinski definition) is 0. The molecule has 8 nitrogen and oxygen atoms in total. The summed E-state index contributed by atoms with van der Waals surface area (Å²) in [7, 11) is 0. The van der Waals surface area contributed by atoms with Crippen LogP contribution < -0.4 is 0 Å². The summed E-state index contributed by atoms with van der Waals surface area (Å²) in [6.07, 6.45) is 1.01. The molecule has 8 heteroatoms. The molecule has 0 spiro atoms. The summed E-state index contributed by atoms with van der Waals surface area (Å²) in [6, 6.07) is 17.8. The summed E-state index contributed by atoms with van der Waals surface area (Å²) in [5.74, 6) is -9.19. The molecule has 2 aliphatic heterocycles. The quantitative estimate of drug-likeness (QED) is 0.476. The third kappa shape index (κ3) is 3.21. The fraction of sp³-hybridized carbons (Fsp3) is 0.308. The Kier molecular flexibility index (Phi) is 5.43. The van der Waals surface area contributed by atoms with Crippen molar-refractivity contribution in [2.24, 2.45) is 35.5 Å². The summed E-state index contributed by atoms with van der Waals surface area (Å²) in [5.41, 5.74) is 1.43. The summed E-state index contributed by atoms with van der Waals surface area (Å²) < 4.78 is 0. The van der Waals surface area contributed by atoms with Gasteiger partial charge < -0.3 is 9.59 Å². The average molecular weight is 458 g/mol.